The van der Waals surface area contributed by atoms with Crippen LogP contribution in [0.1, 0.15) is 10.4 Å². The van der Waals surface area contributed by atoms with Crippen LogP contribution < -0.4 is 9.62 Å². The average Bonchev–Trinajstić information content (AvgIpc) is 2.82. The lowest BCUT2D eigenvalue weighted by Crippen LogP contribution is -2.26. The summed E-state index contributed by atoms with van der Waals surface area (Å²) in [6.45, 7) is -0.716. The van der Waals surface area contributed by atoms with Gasteiger partial charge < -0.3 is 10.1 Å². The fourth-order valence-electron chi connectivity index (χ4n) is 2.86. The van der Waals surface area contributed by atoms with Gasteiger partial charge in [-0.1, -0.05) is 36.4 Å². The average molecular weight is 469 g/mol. The van der Waals surface area contributed by atoms with Crippen LogP contribution in [0.2, 0.25) is 0 Å². The Bertz CT molecular complexity index is 1290. The van der Waals surface area contributed by atoms with Gasteiger partial charge in [-0.2, -0.15) is 0 Å². The van der Waals surface area contributed by atoms with E-state index in [1.807, 2.05) is 0 Å². The van der Waals surface area contributed by atoms with Crippen molar-refractivity contribution in [3.8, 4) is 0 Å². The van der Waals surface area contributed by atoms with Crippen LogP contribution in [0.3, 0.4) is 0 Å². The molecule has 3 rings (SSSR count). The molecule has 0 spiro atoms. The Morgan fingerprint density at radius 3 is 2.36 bits per heavy atom. The molecule has 0 saturated heterocycles. The fourth-order valence-corrected chi connectivity index (χ4v) is 4.10. The van der Waals surface area contributed by atoms with E-state index in [9.17, 15) is 28.1 Å². The number of rotatable bonds is 8. The molecule has 1 amide bonds. The van der Waals surface area contributed by atoms with E-state index in [1.165, 1.54) is 49.5 Å². The third-order valence-corrected chi connectivity index (χ3v) is 6.34. The molecule has 3 aromatic rings. The highest BCUT2D eigenvalue weighted by atomic mass is 32.2. The van der Waals surface area contributed by atoms with Gasteiger partial charge in [0.25, 0.3) is 21.6 Å². The van der Waals surface area contributed by atoms with E-state index in [0.717, 1.165) is 10.4 Å². The third kappa shape index (κ3) is 5.52. The number of nitro benzene ring substituents is 1. The summed E-state index contributed by atoms with van der Waals surface area (Å²) in [5, 5.41) is 13.3. The monoisotopic (exact) mass is 469 g/mol. The summed E-state index contributed by atoms with van der Waals surface area (Å²) in [6, 6.07) is 19.2. The topological polar surface area (TPSA) is 136 Å². The second-order valence-electron chi connectivity index (χ2n) is 6.73. The summed E-state index contributed by atoms with van der Waals surface area (Å²) in [5.74, 6) is -1.71. The largest absolute Gasteiger partial charge is 0.452 e. The predicted molar refractivity (Wildman–Crippen MR) is 120 cm³/mol. The number of carbonyl (C=O) groups excluding carboxylic acids is 2. The zero-order valence-corrected chi connectivity index (χ0v) is 18.2. The van der Waals surface area contributed by atoms with Gasteiger partial charge in [0.15, 0.2) is 6.61 Å². The van der Waals surface area contributed by atoms with Crippen molar-refractivity contribution in [2.24, 2.45) is 0 Å². The van der Waals surface area contributed by atoms with Crippen molar-refractivity contribution in [1.29, 1.82) is 0 Å². The molecule has 0 aromatic heterocycles. The molecular weight excluding hydrogens is 450 g/mol. The number of nitrogens with zero attached hydrogens (tertiary/aromatic N) is 2. The standard InChI is InChI=1S/C22H19N3O7S/c1-24(17-9-3-2-4-10-17)33(30,31)18-11-7-8-16(14-18)22(27)32-15-21(26)23-19-12-5-6-13-20(19)25(28)29/h2-14H,15H2,1H3,(H,23,26). The van der Waals surface area contributed by atoms with E-state index in [-0.39, 0.29) is 21.8 Å². The summed E-state index contributed by atoms with van der Waals surface area (Å²) in [5.41, 5.74) is 0.0198. The molecule has 0 aliphatic rings. The summed E-state index contributed by atoms with van der Waals surface area (Å²) in [6.07, 6.45) is 0. The number of carbonyl (C=O) groups is 2. The molecule has 10 nitrogen and oxygen atoms in total. The molecule has 0 atom stereocenters. The van der Waals surface area contributed by atoms with Gasteiger partial charge in [-0.05, 0) is 36.4 Å². The smallest absolute Gasteiger partial charge is 0.338 e. The molecular formula is C22H19N3O7S. The first kappa shape index (κ1) is 23.4. The zero-order valence-electron chi connectivity index (χ0n) is 17.4. The molecule has 0 fully saturated rings. The van der Waals surface area contributed by atoms with Crippen LogP contribution in [0.25, 0.3) is 0 Å². The van der Waals surface area contributed by atoms with Crippen molar-refractivity contribution in [2.45, 2.75) is 4.90 Å². The van der Waals surface area contributed by atoms with Crippen LogP contribution in [0.5, 0.6) is 0 Å². The van der Waals surface area contributed by atoms with Gasteiger partial charge in [0, 0.05) is 13.1 Å². The molecule has 0 unspecified atom stereocenters. The first-order chi connectivity index (χ1) is 15.7. The van der Waals surface area contributed by atoms with Gasteiger partial charge >= 0.3 is 5.97 Å². The van der Waals surface area contributed by atoms with Crippen LogP contribution in [0.15, 0.2) is 83.8 Å². The predicted octanol–water partition coefficient (Wildman–Crippen LogP) is 3.22. The van der Waals surface area contributed by atoms with Gasteiger partial charge in [-0.15, -0.1) is 0 Å². The summed E-state index contributed by atoms with van der Waals surface area (Å²) < 4.78 is 31.9. The Balaban J connectivity index is 1.69. The fraction of sp³-hybridized carbons (Fsp3) is 0.0909. The van der Waals surface area contributed by atoms with Gasteiger partial charge in [0.05, 0.1) is 21.1 Å². The number of sulfonamides is 1. The number of hydrogen-bond donors (Lipinski definition) is 1. The number of nitrogens with one attached hydrogen (secondary N) is 1. The number of anilines is 2. The van der Waals surface area contributed by atoms with Gasteiger partial charge in [0.2, 0.25) is 0 Å². The second kappa shape index (κ2) is 9.92. The van der Waals surface area contributed by atoms with Crippen LogP contribution in [-0.4, -0.2) is 38.9 Å². The molecule has 33 heavy (non-hydrogen) atoms. The second-order valence-corrected chi connectivity index (χ2v) is 8.70. The molecule has 11 heteroatoms. The van der Waals surface area contributed by atoms with E-state index in [4.69, 9.17) is 4.74 Å². The number of esters is 1. The third-order valence-electron chi connectivity index (χ3n) is 4.56. The molecule has 0 bridgehead atoms. The highest BCUT2D eigenvalue weighted by Gasteiger charge is 2.23. The van der Waals surface area contributed by atoms with E-state index in [1.54, 1.807) is 30.3 Å². The molecule has 170 valence electrons. The van der Waals surface area contributed by atoms with Crippen molar-refractivity contribution in [2.75, 3.05) is 23.3 Å². The zero-order chi connectivity index (χ0) is 24.0. The Hall–Kier alpha value is -4.25. The number of amides is 1. The van der Waals surface area contributed by atoms with E-state index in [2.05, 4.69) is 5.32 Å². The first-order valence-corrected chi connectivity index (χ1v) is 11.0. The molecule has 0 aliphatic heterocycles. The minimum absolute atomic E-state index is 0.0411. The lowest BCUT2D eigenvalue weighted by atomic mass is 10.2. The molecule has 0 radical (unpaired) electrons. The maximum Gasteiger partial charge on any atom is 0.338 e. The minimum atomic E-state index is -3.95. The molecule has 0 heterocycles. The molecule has 1 N–H and O–H groups in total. The van der Waals surface area contributed by atoms with Gasteiger partial charge in [0.1, 0.15) is 5.69 Å². The summed E-state index contributed by atoms with van der Waals surface area (Å²) >= 11 is 0. The number of para-hydroxylation sites is 3. The number of ether oxygens (including phenoxy) is 1. The van der Waals surface area contributed by atoms with Crippen LogP contribution in [0.4, 0.5) is 17.1 Å². The van der Waals surface area contributed by atoms with Crippen molar-refractivity contribution in [3.63, 3.8) is 0 Å². The number of benzene rings is 3. The normalized spacial score (nSPS) is 10.8. The van der Waals surface area contributed by atoms with Crippen molar-refractivity contribution in [1.82, 2.24) is 0 Å². The van der Waals surface area contributed by atoms with Crippen LogP contribution >= 0.6 is 0 Å². The highest BCUT2D eigenvalue weighted by Crippen LogP contribution is 2.24. The van der Waals surface area contributed by atoms with Gasteiger partial charge in [-0.25, -0.2) is 13.2 Å². The lowest BCUT2D eigenvalue weighted by molar-refractivity contribution is -0.383. The number of hydrogen-bond acceptors (Lipinski definition) is 7. The maximum atomic E-state index is 12.9. The van der Waals surface area contributed by atoms with E-state index in [0.29, 0.717) is 5.69 Å². The van der Waals surface area contributed by atoms with E-state index >= 15 is 0 Å². The van der Waals surface area contributed by atoms with Crippen molar-refractivity contribution in [3.05, 3.63) is 94.5 Å². The molecule has 0 saturated carbocycles. The van der Waals surface area contributed by atoms with Crippen LogP contribution in [0, 0.1) is 10.1 Å². The minimum Gasteiger partial charge on any atom is -0.452 e. The quantitative estimate of drug-likeness (QED) is 0.304. The SMILES string of the molecule is CN(c1ccccc1)S(=O)(=O)c1cccc(C(=O)OCC(=O)Nc2ccccc2[N+](=O)[O-])c1. The highest BCUT2D eigenvalue weighted by molar-refractivity contribution is 7.92. The van der Waals surface area contributed by atoms with Crippen LogP contribution in [-0.2, 0) is 19.6 Å². The lowest BCUT2D eigenvalue weighted by Gasteiger charge is -2.19. The number of nitro groups is 1. The Kier molecular flexibility index (Phi) is 7.04. The van der Waals surface area contributed by atoms with Crippen molar-refractivity contribution >= 4 is 39.0 Å². The Morgan fingerprint density at radius 2 is 1.67 bits per heavy atom. The van der Waals surface area contributed by atoms with Crippen molar-refractivity contribution < 1.29 is 27.7 Å². The molecule has 3 aromatic carbocycles. The summed E-state index contributed by atoms with van der Waals surface area (Å²) in [7, 11) is -2.56. The summed E-state index contributed by atoms with van der Waals surface area (Å²) in [4.78, 5) is 34.7. The molecule has 0 aliphatic carbocycles. The maximum absolute atomic E-state index is 12.9. The Morgan fingerprint density at radius 1 is 1.00 bits per heavy atom. The van der Waals surface area contributed by atoms with E-state index < -0.39 is 33.4 Å². The Labute approximate surface area is 189 Å². The first-order valence-electron chi connectivity index (χ1n) is 9.54. The van der Waals surface area contributed by atoms with Gasteiger partial charge in [-0.3, -0.25) is 19.2 Å².